The summed E-state index contributed by atoms with van der Waals surface area (Å²) in [6, 6.07) is 29.4. The van der Waals surface area contributed by atoms with Crippen LogP contribution in [0.2, 0.25) is 0 Å². The number of anilines is 2. The third kappa shape index (κ3) is 8.23. The number of ether oxygens (including phenoxy) is 2. The predicted molar refractivity (Wildman–Crippen MR) is 167 cm³/mol. The molecule has 0 fully saturated rings. The van der Waals surface area contributed by atoms with E-state index >= 15 is 0 Å². The van der Waals surface area contributed by atoms with Crippen LogP contribution in [0.5, 0.6) is 11.5 Å². The Balaban J connectivity index is 1.40. The van der Waals surface area contributed by atoms with E-state index in [0.717, 1.165) is 12.0 Å². The zero-order chi connectivity index (χ0) is 30.6. The van der Waals surface area contributed by atoms with Crippen LogP contribution >= 0.6 is 0 Å². The van der Waals surface area contributed by atoms with Crippen molar-refractivity contribution in [3.05, 3.63) is 120 Å². The molecule has 1 unspecified atom stereocenters. The summed E-state index contributed by atoms with van der Waals surface area (Å²) in [4.78, 5) is 39.8. The fraction of sp³-hybridized carbons (Fsp3) is 0.229. The van der Waals surface area contributed by atoms with Crippen molar-refractivity contribution >= 4 is 29.0 Å². The topological polar surface area (TPSA) is 105 Å². The molecular formula is C35H36N2O6. The smallest absolute Gasteiger partial charge is 0.326 e. The molecule has 0 bridgehead atoms. The number of methoxy groups -OCH3 is 1. The summed E-state index contributed by atoms with van der Waals surface area (Å²) in [6.45, 7) is 2.56. The van der Waals surface area contributed by atoms with Crippen molar-refractivity contribution in [3.8, 4) is 11.5 Å². The summed E-state index contributed by atoms with van der Waals surface area (Å²) < 4.78 is 11.4. The van der Waals surface area contributed by atoms with Crippen molar-refractivity contribution < 1.29 is 29.0 Å². The molecule has 4 aromatic carbocycles. The molecule has 1 atom stereocenters. The SMILES string of the molecule is CCCC(=O)N(CCOc1ccc(CC(Nc2ccccc2C(=O)c2ccccc2)C(=O)O)cc1)c1ccccc1OC. The number of carbonyl (C=O) groups is 3. The minimum absolute atomic E-state index is 0.00907. The molecule has 0 aliphatic heterocycles. The molecule has 0 aliphatic carbocycles. The Morgan fingerprint density at radius 1 is 0.860 bits per heavy atom. The zero-order valence-electron chi connectivity index (χ0n) is 24.4. The number of carboxylic acid groups (broad SMARTS) is 1. The molecule has 2 N–H and O–H groups in total. The highest BCUT2D eigenvalue weighted by Gasteiger charge is 2.22. The molecule has 0 spiro atoms. The van der Waals surface area contributed by atoms with E-state index in [1.54, 1.807) is 72.7 Å². The van der Waals surface area contributed by atoms with Crippen LogP contribution in [-0.4, -0.2) is 49.1 Å². The second-order valence-corrected chi connectivity index (χ2v) is 9.94. The number of hydrogen-bond acceptors (Lipinski definition) is 6. The Bertz CT molecular complexity index is 1520. The maximum absolute atomic E-state index is 13.1. The standard InChI is InChI=1S/C35H36N2O6/c1-3-11-33(38)37(31-16-9-10-17-32(31)42-2)22-23-43-27-20-18-25(19-21-27)24-30(35(40)41)36-29-15-8-7-14-28(29)34(39)26-12-5-4-6-13-26/h4-10,12-21,30,36H,3,11,22-24H2,1-2H3,(H,40,41). The first kappa shape index (κ1) is 30.8. The van der Waals surface area contributed by atoms with E-state index in [4.69, 9.17) is 9.47 Å². The van der Waals surface area contributed by atoms with Gasteiger partial charge in [-0.2, -0.15) is 0 Å². The van der Waals surface area contributed by atoms with Gasteiger partial charge >= 0.3 is 5.97 Å². The second-order valence-electron chi connectivity index (χ2n) is 9.94. The number of amides is 1. The van der Waals surface area contributed by atoms with Gasteiger partial charge in [-0.3, -0.25) is 9.59 Å². The lowest BCUT2D eigenvalue weighted by molar-refractivity contribution is -0.137. The van der Waals surface area contributed by atoms with E-state index < -0.39 is 12.0 Å². The number of rotatable bonds is 15. The summed E-state index contributed by atoms with van der Waals surface area (Å²) in [6.07, 6.45) is 1.33. The lowest BCUT2D eigenvalue weighted by Crippen LogP contribution is -2.34. The van der Waals surface area contributed by atoms with E-state index in [0.29, 0.717) is 47.0 Å². The Morgan fingerprint density at radius 2 is 1.53 bits per heavy atom. The quantitative estimate of drug-likeness (QED) is 0.160. The molecule has 1 amide bonds. The fourth-order valence-corrected chi connectivity index (χ4v) is 4.73. The van der Waals surface area contributed by atoms with Crippen LogP contribution in [0.1, 0.15) is 41.3 Å². The molecule has 0 radical (unpaired) electrons. The molecule has 0 heterocycles. The largest absolute Gasteiger partial charge is 0.495 e. The van der Waals surface area contributed by atoms with Crippen molar-refractivity contribution in [2.45, 2.75) is 32.2 Å². The average Bonchev–Trinajstić information content (AvgIpc) is 3.04. The summed E-state index contributed by atoms with van der Waals surface area (Å²) in [5, 5.41) is 13.0. The van der Waals surface area contributed by atoms with Crippen molar-refractivity contribution in [1.29, 1.82) is 0 Å². The molecular weight excluding hydrogens is 544 g/mol. The van der Waals surface area contributed by atoms with Gasteiger partial charge in [0, 0.05) is 29.7 Å². The van der Waals surface area contributed by atoms with Gasteiger partial charge < -0.3 is 24.8 Å². The van der Waals surface area contributed by atoms with Crippen LogP contribution in [0, 0.1) is 0 Å². The van der Waals surface area contributed by atoms with Gasteiger partial charge in [0.25, 0.3) is 0 Å². The van der Waals surface area contributed by atoms with Gasteiger partial charge in [-0.05, 0) is 48.4 Å². The molecule has 4 aromatic rings. The zero-order valence-corrected chi connectivity index (χ0v) is 24.4. The average molecular weight is 581 g/mol. The molecule has 222 valence electrons. The van der Waals surface area contributed by atoms with E-state index in [9.17, 15) is 19.5 Å². The minimum atomic E-state index is -1.03. The van der Waals surface area contributed by atoms with E-state index in [1.807, 2.05) is 49.4 Å². The highest BCUT2D eigenvalue weighted by molar-refractivity contribution is 6.12. The molecule has 0 saturated heterocycles. The fourth-order valence-electron chi connectivity index (χ4n) is 4.73. The van der Waals surface area contributed by atoms with Crippen molar-refractivity contribution in [1.82, 2.24) is 0 Å². The maximum atomic E-state index is 13.1. The lowest BCUT2D eigenvalue weighted by atomic mass is 10.00. The molecule has 4 rings (SSSR count). The molecule has 43 heavy (non-hydrogen) atoms. The lowest BCUT2D eigenvalue weighted by Gasteiger charge is -2.24. The van der Waals surface area contributed by atoms with E-state index in [1.165, 1.54) is 0 Å². The highest BCUT2D eigenvalue weighted by atomic mass is 16.5. The Morgan fingerprint density at radius 3 is 2.23 bits per heavy atom. The van der Waals surface area contributed by atoms with Crippen LogP contribution < -0.4 is 19.7 Å². The predicted octanol–water partition coefficient (Wildman–Crippen LogP) is 6.25. The third-order valence-electron chi connectivity index (χ3n) is 6.92. The molecule has 0 saturated carbocycles. The van der Waals surface area contributed by atoms with Crippen LogP contribution in [0.3, 0.4) is 0 Å². The Labute approximate surface area is 251 Å². The summed E-state index contributed by atoms with van der Waals surface area (Å²) >= 11 is 0. The third-order valence-corrected chi connectivity index (χ3v) is 6.92. The number of ketones is 1. The maximum Gasteiger partial charge on any atom is 0.326 e. The normalized spacial score (nSPS) is 11.3. The Hall–Kier alpha value is -5.11. The first-order valence-corrected chi connectivity index (χ1v) is 14.2. The van der Waals surface area contributed by atoms with Crippen molar-refractivity contribution in [2.75, 3.05) is 30.5 Å². The molecule has 0 aromatic heterocycles. The van der Waals surface area contributed by atoms with Gasteiger partial charge in [-0.15, -0.1) is 0 Å². The molecule has 8 nitrogen and oxygen atoms in total. The first-order valence-electron chi connectivity index (χ1n) is 14.2. The summed E-state index contributed by atoms with van der Waals surface area (Å²) in [5.41, 5.74) is 2.87. The van der Waals surface area contributed by atoms with Crippen LogP contribution in [0.4, 0.5) is 11.4 Å². The van der Waals surface area contributed by atoms with Crippen LogP contribution in [0.15, 0.2) is 103 Å². The second kappa shape index (κ2) is 15.2. The summed E-state index contributed by atoms with van der Waals surface area (Å²) in [5.74, 6) is -0.00839. The number of benzene rings is 4. The van der Waals surface area contributed by atoms with Gasteiger partial charge in [0.2, 0.25) is 5.91 Å². The number of carboxylic acids is 1. The number of para-hydroxylation sites is 3. The minimum Gasteiger partial charge on any atom is -0.495 e. The highest BCUT2D eigenvalue weighted by Crippen LogP contribution is 2.28. The van der Waals surface area contributed by atoms with Crippen molar-refractivity contribution in [2.24, 2.45) is 0 Å². The monoisotopic (exact) mass is 580 g/mol. The van der Waals surface area contributed by atoms with Crippen molar-refractivity contribution in [3.63, 3.8) is 0 Å². The van der Waals surface area contributed by atoms with E-state index in [-0.39, 0.29) is 24.7 Å². The Kier molecular flexibility index (Phi) is 10.9. The number of nitrogens with zero attached hydrogens (tertiary/aromatic N) is 1. The number of hydrogen-bond donors (Lipinski definition) is 2. The number of carbonyl (C=O) groups excluding carboxylic acids is 2. The number of nitrogens with one attached hydrogen (secondary N) is 1. The molecule has 8 heteroatoms. The van der Waals surface area contributed by atoms with Gasteiger partial charge in [-0.25, -0.2) is 4.79 Å². The molecule has 0 aliphatic rings. The van der Waals surface area contributed by atoms with Gasteiger partial charge in [0.05, 0.1) is 19.3 Å². The van der Waals surface area contributed by atoms with Gasteiger partial charge in [0.1, 0.15) is 24.1 Å². The summed E-state index contributed by atoms with van der Waals surface area (Å²) in [7, 11) is 1.58. The van der Waals surface area contributed by atoms with Gasteiger partial charge in [-0.1, -0.05) is 73.7 Å². The van der Waals surface area contributed by atoms with Crippen LogP contribution in [0.25, 0.3) is 0 Å². The van der Waals surface area contributed by atoms with E-state index in [2.05, 4.69) is 5.32 Å². The van der Waals surface area contributed by atoms with Gasteiger partial charge in [0.15, 0.2) is 5.78 Å². The van der Waals surface area contributed by atoms with Crippen LogP contribution in [-0.2, 0) is 16.0 Å². The number of aliphatic carboxylic acids is 1. The first-order chi connectivity index (χ1) is 20.9.